The highest BCUT2D eigenvalue weighted by Gasteiger charge is 2.24. The Bertz CT molecular complexity index is 1110. The normalized spacial score (nSPS) is 12.4. The van der Waals surface area contributed by atoms with Gasteiger partial charge in [0.15, 0.2) is 5.75 Å². The number of allylic oxidation sites excluding steroid dienone is 2. The van der Waals surface area contributed by atoms with Crippen molar-refractivity contribution < 1.29 is 14.3 Å². The molecular weight excluding hydrogens is 450 g/mol. The molecule has 1 amide bonds. The molecule has 7 heteroatoms. The number of aromatic amines is 1. The van der Waals surface area contributed by atoms with Crippen molar-refractivity contribution in [3.63, 3.8) is 0 Å². The van der Waals surface area contributed by atoms with Crippen molar-refractivity contribution in [3.8, 4) is 22.6 Å². The van der Waals surface area contributed by atoms with Crippen molar-refractivity contribution in [3.05, 3.63) is 84.7 Å². The highest BCUT2D eigenvalue weighted by Crippen LogP contribution is 2.40. The molecule has 2 heterocycles. The minimum absolute atomic E-state index is 0.0671. The lowest BCUT2D eigenvalue weighted by Gasteiger charge is -2.23. The number of carbonyl (C=O) groups is 1. The number of halogens is 1. The van der Waals surface area contributed by atoms with Crippen molar-refractivity contribution in [2.45, 2.75) is 26.2 Å². The van der Waals surface area contributed by atoms with Gasteiger partial charge in [-0.25, -0.2) is 0 Å². The lowest BCUT2D eigenvalue weighted by atomic mass is 10.1. The van der Waals surface area contributed by atoms with Gasteiger partial charge in [-0.3, -0.25) is 9.89 Å². The number of H-pyrrole nitrogens is 1. The minimum atomic E-state index is 0.0671. The van der Waals surface area contributed by atoms with Crippen LogP contribution in [0.1, 0.15) is 24.8 Å². The molecule has 1 aliphatic rings. The van der Waals surface area contributed by atoms with E-state index in [1.165, 1.54) is 0 Å². The molecule has 1 aliphatic heterocycles. The number of fused-ring (bicyclic) bond motifs is 1. The van der Waals surface area contributed by atoms with Crippen molar-refractivity contribution in [2.24, 2.45) is 0 Å². The van der Waals surface area contributed by atoms with Gasteiger partial charge in [0.2, 0.25) is 5.91 Å². The molecule has 6 nitrogen and oxygen atoms in total. The molecule has 0 bridgehead atoms. The summed E-state index contributed by atoms with van der Waals surface area (Å²) in [5.41, 5.74) is 3.59. The molecule has 34 heavy (non-hydrogen) atoms. The number of ether oxygens (including phenoxy) is 2. The van der Waals surface area contributed by atoms with E-state index in [0.29, 0.717) is 37.6 Å². The molecule has 0 saturated heterocycles. The number of carbonyl (C=O) groups excluding carboxylic acids is 1. The van der Waals surface area contributed by atoms with Gasteiger partial charge in [0.05, 0.1) is 25.1 Å². The molecule has 3 aromatic rings. The predicted molar refractivity (Wildman–Crippen MR) is 138 cm³/mol. The number of amides is 1. The molecule has 178 valence electrons. The number of rotatable bonds is 7. The van der Waals surface area contributed by atoms with E-state index < -0.39 is 0 Å². The third-order valence-corrected chi connectivity index (χ3v) is 5.75. The van der Waals surface area contributed by atoms with Crippen LogP contribution in [0.15, 0.2) is 74.1 Å². The first-order valence-electron chi connectivity index (χ1n) is 11.2. The lowest BCUT2D eigenvalue weighted by molar-refractivity contribution is -0.118. The van der Waals surface area contributed by atoms with E-state index in [-0.39, 0.29) is 5.91 Å². The van der Waals surface area contributed by atoms with Gasteiger partial charge in [-0.1, -0.05) is 55.1 Å². The van der Waals surface area contributed by atoms with Crippen LogP contribution < -0.4 is 14.4 Å². The van der Waals surface area contributed by atoms with E-state index in [2.05, 4.69) is 23.4 Å². The summed E-state index contributed by atoms with van der Waals surface area (Å²) in [4.78, 5) is 14.8. The number of benzene rings is 2. The summed E-state index contributed by atoms with van der Waals surface area (Å²) in [6.07, 6.45) is 8.66. The second-order valence-electron chi connectivity index (χ2n) is 7.67. The van der Waals surface area contributed by atoms with Crippen molar-refractivity contribution >= 4 is 23.2 Å². The van der Waals surface area contributed by atoms with E-state index in [0.717, 1.165) is 40.3 Å². The summed E-state index contributed by atoms with van der Waals surface area (Å²) < 4.78 is 11.8. The van der Waals surface area contributed by atoms with Crippen molar-refractivity contribution in [2.75, 3.05) is 24.7 Å². The predicted octanol–water partition coefficient (Wildman–Crippen LogP) is 6.37. The molecule has 0 saturated carbocycles. The van der Waals surface area contributed by atoms with Gasteiger partial charge in [-0.15, -0.1) is 0 Å². The van der Waals surface area contributed by atoms with Gasteiger partial charge in [-0.05, 0) is 38.0 Å². The standard InChI is InChI=1S/C23H24ClN3O3.C4H6/c1-16-19(24)7-3-9-21(16)29-12-4-10-22(28)27-11-5-13-30-23-18(6-2-8-20(23)27)17-14-25-26-15-17;1-3-4-2/h2-3,6-9,14-15H,4-5,10-13H2,1H3,(H,25,26);3-4H,1-2H2. The van der Waals surface area contributed by atoms with Crippen LogP contribution in [0.2, 0.25) is 5.02 Å². The van der Waals surface area contributed by atoms with E-state index in [4.69, 9.17) is 21.1 Å². The maximum Gasteiger partial charge on any atom is 0.227 e. The van der Waals surface area contributed by atoms with Crippen LogP contribution in [0.25, 0.3) is 11.1 Å². The number of aromatic nitrogens is 2. The Balaban J connectivity index is 0.000000751. The van der Waals surface area contributed by atoms with Gasteiger partial charge in [0, 0.05) is 40.9 Å². The highest BCUT2D eigenvalue weighted by molar-refractivity contribution is 6.31. The fourth-order valence-corrected chi connectivity index (χ4v) is 3.74. The van der Waals surface area contributed by atoms with Crippen LogP contribution in [0.4, 0.5) is 5.69 Å². The number of nitrogens with zero attached hydrogens (tertiary/aromatic N) is 2. The molecule has 0 aliphatic carbocycles. The maximum atomic E-state index is 13.0. The third kappa shape index (κ3) is 6.29. The zero-order valence-electron chi connectivity index (χ0n) is 19.4. The Kier molecular flexibility index (Phi) is 9.35. The Morgan fingerprint density at radius 2 is 2.06 bits per heavy atom. The SMILES string of the molecule is C=CC=C.Cc1c(Cl)cccc1OCCCC(=O)N1CCCOc2c(-c3cn[nH]c3)cccc21. The van der Waals surface area contributed by atoms with Crippen molar-refractivity contribution in [1.29, 1.82) is 0 Å². The van der Waals surface area contributed by atoms with Crippen molar-refractivity contribution in [1.82, 2.24) is 10.2 Å². The first-order chi connectivity index (χ1) is 16.6. The van der Waals surface area contributed by atoms with E-state index >= 15 is 0 Å². The second kappa shape index (κ2) is 12.7. The van der Waals surface area contributed by atoms with Crippen LogP contribution in [0.5, 0.6) is 11.5 Å². The molecule has 1 aromatic heterocycles. The monoisotopic (exact) mass is 479 g/mol. The topological polar surface area (TPSA) is 67.4 Å². The maximum absolute atomic E-state index is 13.0. The molecule has 0 fully saturated rings. The summed E-state index contributed by atoms with van der Waals surface area (Å²) in [6, 6.07) is 11.5. The second-order valence-corrected chi connectivity index (χ2v) is 8.08. The number of nitrogens with one attached hydrogen (secondary N) is 1. The Morgan fingerprint density at radius 3 is 2.79 bits per heavy atom. The van der Waals surface area contributed by atoms with Crippen LogP contribution in [0.3, 0.4) is 0 Å². The fourth-order valence-electron chi connectivity index (χ4n) is 3.58. The van der Waals surface area contributed by atoms with Gasteiger partial charge in [0.25, 0.3) is 0 Å². The number of hydrogen-bond donors (Lipinski definition) is 1. The summed E-state index contributed by atoms with van der Waals surface area (Å²) in [5.74, 6) is 1.56. The average Bonchev–Trinajstić information content (AvgIpc) is 3.30. The Morgan fingerprint density at radius 1 is 1.26 bits per heavy atom. The molecule has 0 unspecified atom stereocenters. The quantitative estimate of drug-likeness (QED) is 0.315. The number of anilines is 1. The van der Waals surface area contributed by atoms with Gasteiger partial charge >= 0.3 is 0 Å². The first kappa shape index (κ1) is 25.1. The largest absolute Gasteiger partial charge is 0.493 e. The summed E-state index contributed by atoms with van der Waals surface area (Å²) in [7, 11) is 0. The van der Waals surface area contributed by atoms with E-state index in [1.54, 1.807) is 18.3 Å². The summed E-state index contributed by atoms with van der Waals surface area (Å²) in [6.45, 7) is 10.3. The fraction of sp³-hybridized carbons (Fsp3) is 0.259. The number of para-hydroxylation sites is 1. The van der Waals surface area contributed by atoms with Gasteiger partial charge in [-0.2, -0.15) is 5.10 Å². The van der Waals surface area contributed by atoms with Crippen LogP contribution in [-0.4, -0.2) is 35.9 Å². The molecule has 1 N–H and O–H groups in total. The first-order valence-corrected chi connectivity index (χ1v) is 11.6. The molecule has 0 radical (unpaired) electrons. The Labute approximate surface area is 205 Å². The minimum Gasteiger partial charge on any atom is -0.493 e. The molecule has 0 spiro atoms. The van der Waals surface area contributed by atoms with Gasteiger partial charge < -0.3 is 14.4 Å². The van der Waals surface area contributed by atoms with Crippen LogP contribution in [0, 0.1) is 6.92 Å². The van der Waals surface area contributed by atoms with Crippen LogP contribution in [-0.2, 0) is 4.79 Å². The molecular formula is C27H30ClN3O3. The average molecular weight is 480 g/mol. The number of hydrogen-bond acceptors (Lipinski definition) is 4. The zero-order chi connectivity index (χ0) is 24.3. The molecule has 2 aromatic carbocycles. The van der Waals surface area contributed by atoms with E-state index in [9.17, 15) is 4.79 Å². The summed E-state index contributed by atoms with van der Waals surface area (Å²) in [5, 5.41) is 7.54. The molecule has 4 rings (SSSR count). The molecule has 0 atom stereocenters. The lowest BCUT2D eigenvalue weighted by Crippen LogP contribution is -2.31. The van der Waals surface area contributed by atoms with Crippen LogP contribution >= 0.6 is 11.6 Å². The highest BCUT2D eigenvalue weighted by atomic mass is 35.5. The Hall–Kier alpha value is -3.51. The zero-order valence-corrected chi connectivity index (χ0v) is 20.2. The smallest absolute Gasteiger partial charge is 0.227 e. The van der Waals surface area contributed by atoms with Gasteiger partial charge in [0.1, 0.15) is 5.75 Å². The summed E-state index contributed by atoms with van der Waals surface area (Å²) >= 11 is 6.13. The van der Waals surface area contributed by atoms with E-state index in [1.807, 2.05) is 54.4 Å². The third-order valence-electron chi connectivity index (χ3n) is 5.34.